The van der Waals surface area contributed by atoms with E-state index in [4.69, 9.17) is 0 Å². The van der Waals surface area contributed by atoms with E-state index in [1.807, 2.05) is 6.92 Å². The number of carbonyl (C=O) groups excluding carboxylic acids is 2. The summed E-state index contributed by atoms with van der Waals surface area (Å²) in [6.07, 6.45) is 0.269. The van der Waals surface area contributed by atoms with Crippen molar-refractivity contribution < 1.29 is 20.5 Å². The Kier molecular flexibility index (Phi) is 6.91. The summed E-state index contributed by atoms with van der Waals surface area (Å²) in [6, 6.07) is 0. The van der Waals surface area contributed by atoms with E-state index in [1.54, 1.807) is 0 Å². The number of nitrogens with one attached hydrogen (secondary N) is 1. The monoisotopic (exact) mass is 191 g/mol. The second-order valence-corrected chi connectivity index (χ2v) is 2.34. The molecule has 0 atom stereocenters. The Balaban J connectivity index is 0. The van der Waals surface area contributed by atoms with Crippen LogP contribution >= 0.6 is 0 Å². The average molecular weight is 191 g/mol. The molecule has 0 aromatic rings. The number of carbonyl (C=O) groups is 2. The zero-order valence-electron chi connectivity index (χ0n) is 7.96. The van der Waals surface area contributed by atoms with Gasteiger partial charge in [0.15, 0.2) is 6.61 Å². The normalized spacial score (nSPS) is 9.38. The van der Waals surface area contributed by atoms with Gasteiger partial charge in [0.25, 0.3) is 0 Å². The van der Waals surface area contributed by atoms with Crippen molar-refractivity contribution in [3.8, 4) is 0 Å². The van der Waals surface area contributed by atoms with Gasteiger partial charge in [0, 0.05) is 7.97 Å². The first kappa shape index (κ1) is 11.9. The smallest absolute Gasteiger partial charge is 0.344 e. The third-order valence-corrected chi connectivity index (χ3v) is 1.33. The van der Waals surface area contributed by atoms with E-state index in [0.29, 0.717) is 6.54 Å². The summed E-state index contributed by atoms with van der Waals surface area (Å²) in [6.45, 7) is 3.02. The zero-order valence-corrected chi connectivity index (χ0v) is 7.96. The Morgan fingerprint density at radius 3 is 2.62 bits per heavy atom. The fraction of sp³-hybridized carbons (Fsp3) is 0.750. The quantitative estimate of drug-likeness (QED) is 0.471. The number of methoxy groups -OCH3 is 1. The van der Waals surface area contributed by atoms with Gasteiger partial charge in [-0.1, -0.05) is 6.92 Å². The minimum Gasteiger partial charge on any atom is -0.466 e. The number of rotatable bonds is 6. The average Bonchev–Trinajstić information content (AvgIpc) is 2.14. The summed E-state index contributed by atoms with van der Waals surface area (Å²) in [5.74, 6) is -0.942. The van der Waals surface area contributed by atoms with E-state index in [0.717, 1.165) is 6.54 Å². The molecular weight excluding hydrogens is 174 g/mol. The van der Waals surface area contributed by atoms with Crippen molar-refractivity contribution in [2.24, 2.45) is 0 Å². The molecule has 0 aromatic heterocycles. The highest BCUT2D eigenvalue weighted by atomic mass is 16.6. The second-order valence-electron chi connectivity index (χ2n) is 2.34. The molecule has 0 radical (unpaired) electrons. The van der Waals surface area contributed by atoms with E-state index < -0.39 is 11.9 Å². The standard InChI is InChI=1S/C8H15NO4.H2/c1-3-9-5-4-7(10)13-6-8(11)12-2;/h9H,3-6H2,1-2H3;1H. The van der Waals surface area contributed by atoms with Gasteiger partial charge in [0.1, 0.15) is 0 Å². The molecule has 0 amide bonds. The molecule has 0 fully saturated rings. The van der Waals surface area contributed by atoms with Crippen LogP contribution < -0.4 is 5.32 Å². The summed E-state index contributed by atoms with van der Waals surface area (Å²) in [5, 5.41) is 2.96. The van der Waals surface area contributed by atoms with E-state index in [9.17, 15) is 9.59 Å². The molecule has 0 saturated carbocycles. The molecule has 1 N–H and O–H groups in total. The van der Waals surface area contributed by atoms with Gasteiger partial charge in [-0.25, -0.2) is 4.79 Å². The lowest BCUT2D eigenvalue weighted by atomic mass is 10.4. The van der Waals surface area contributed by atoms with Gasteiger partial charge in [-0.05, 0) is 6.54 Å². The molecule has 0 unspecified atom stereocenters. The van der Waals surface area contributed by atoms with Crippen LogP contribution in [0.15, 0.2) is 0 Å². The van der Waals surface area contributed by atoms with Gasteiger partial charge in [0.05, 0.1) is 13.5 Å². The van der Waals surface area contributed by atoms with Crippen LogP contribution in [0.1, 0.15) is 14.8 Å². The van der Waals surface area contributed by atoms with Crippen molar-refractivity contribution in [2.45, 2.75) is 13.3 Å². The molecule has 0 bridgehead atoms. The molecule has 5 nitrogen and oxygen atoms in total. The third-order valence-electron chi connectivity index (χ3n) is 1.33. The first-order chi connectivity index (χ1) is 6.20. The first-order valence-electron chi connectivity index (χ1n) is 4.13. The van der Waals surface area contributed by atoms with Crippen LogP contribution in [0.2, 0.25) is 0 Å². The lowest BCUT2D eigenvalue weighted by molar-refractivity contribution is -0.156. The molecule has 0 heterocycles. The Bertz CT molecular complexity index is 175. The Morgan fingerprint density at radius 1 is 1.38 bits per heavy atom. The maximum absolute atomic E-state index is 10.9. The summed E-state index contributed by atoms with van der Waals surface area (Å²) in [4.78, 5) is 21.4. The van der Waals surface area contributed by atoms with Crippen LogP contribution in [0.25, 0.3) is 0 Å². The fourth-order valence-corrected chi connectivity index (χ4v) is 0.638. The predicted octanol–water partition coefficient (Wildman–Crippen LogP) is -0.0518. The van der Waals surface area contributed by atoms with Gasteiger partial charge in [0.2, 0.25) is 0 Å². The number of hydrogen-bond donors (Lipinski definition) is 1. The van der Waals surface area contributed by atoms with Gasteiger partial charge in [-0.2, -0.15) is 0 Å². The third kappa shape index (κ3) is 7.27. The van der Waals surface area contributed by atoms with Crippen molar-refractivity contribution in [3.05, 3.63) is 0 Å². The molecule has 0 aliphatic rings. The van der Waals surface area contributed by atoms with Crippen molar-refractivity contribution in [1.29, 1.82) is 0 Å². The molecular formula is C8H17NO4. The van der Waals surface area contributed by atoms with E-state index in [1.165, 1.54) is 7.11 Å². The van der Waals surface area contributed by atoms with E-state index in [2.05, 4.69) is 14.8 Å². The van der Waals surface area contributed by atoms with Crippen molar-refractivity contribution >= 4 is 11.9 Å². The lowest BCUT2D eigenvalue weighted by Gasteiger charge is -2.03. The van der Waals surface area contributed by atoms with Crippen LogP contribution in [0.5, 0.6) is 0 Å². The number of esters is 2. The SMILES string of the molecule is CCNCCC(=O)OCC(=O)OC.[HH]. The minimum absolute atomic E-state index is 0. The molecule has 0 aromatic carbocycles. The van der Waals surface area contributed by atoms with Gasteiger partial charge in [-0.3, -0.25) is 4.79 Å². The first-order valence-corrected chi connectivity index (χ1v) is 4.13. The van der Waals surface area contributed by atoms with E-state index >= 15 is 0 Å². The summed E-state index contributed by atoms with van der Waals surface area (Å²) < 4.78 is 8.88. The zero-order chi connectivity index (χ0) is 10.1. The van der Waals surface area contributed by atoms with Crippen LogP contribution in [-0.2, 0) is 19.1 Å². The van der Waals surface area contributed by atoms with Crippen molar-refractivity contribution in [3.63, 3.8) is 0 Å². The Hall–Kier alpha value is -1.10. The maximum Gasteiger partial charge on any atom is 0.344 e. The second kappa shape index (κ2) is 7.54. The highest BCUT2D eigenvalue weighted by Crippen LogP contribution is 1.86. The molecule has 0 spiro atoms. The van der Waals surface area contributed by atoms with Crippen molar-refractivity contribution in [2.75, 3.05) is 26.8 Å². The number of hydrogen-bond acceptors (Lipinski definition) is 5. The van der Waals surface area contributed by atoms with Crippen LogP contribution in [-0.4, -0.2) is 38.7 Å². The maximum atomic E-state index is 10.9. The molecule has 5 heteroatoms. The Morgan fingerprint density at radius 2 is 2.08 bits per heavy atom. The number of ether oxygens (including phenoxy) is 2. The van der Waals surface area contributed by atoms with Gasteiger partial charge >= 0.3 is 11.9 Å². The molecule has 13 heavy (non-hydrogen) atoms. The Labute approximate surface area is 78.9 Å². The highest BCUT2D eigenvalue weighted by Gasteiger charge is 2.05. The lowest BCUT2D eigenvalue weighted by Crippen LogP contribution is -2.21. The molecule has 78 valence electrons. The minimum atomic E-state index is -0.545. The topological polar surface area (TPSA) is 64.6 Å². The predicted molar refractivity (Wildman–Crippen MR) is 48.2 cm³/mol. The van der Waals surface area contributed by atoms with Crippen LogP contribution in [0.3, 0.4) is 0 Å². The highest BCUT2D eigenvalue weighted by molar-refractivity contribution is 5.76. The van der Waals surface area contributed by atoms with Crippen LogP contribution in [0.4, 0.5) is 0 Å². The largest absolute Gasteiger partial charge is 0.466 e. The molecule has 0 aliphatic heterocycles. The summed E-state index contributed by atoms with van der Waals surface area (Å²) in [7, 11) is 1.24. The van der Waals surface area contributed by atoms with E-state index in [-0.39, 0.29) is 14.5 Å². The van der Waals surface area contributed by atoms with Gasteiger partial charge in [-0.15, -0.1) is 0 Å². The van der Waals surface area contributed by atoms with Crippen LogP contribution in [0, 0.1) is 0 Å². The molecule has 0 saturated heterocycles. The summed E-state index contributed by atoms with van der Waals surface area (Å²) >= 11 is 0. The molecule has 0 rings (SSSR count). The summed E-state index contributed by atoms with van der Waals surface area (Å²) in [5.41, 5.74) is 0. The fourth-order valence-electron chi connectivity index (χ4n) is 0.638. The van der Waals surface area contributed by atoms with Gasteiger partial charge < -0.3 is 14.8 Å². The van der Waals surface area contributed by atoms with Crippen molar-refractivity contribution in [1.82, 2.24) is 5.32 Å². The molecule has 0 aliphatic carbocycles.